The number of aromatic nitrogens is 2. The van der Waals surface area contributed by atoms with Crippen LogP contribution in [0.3, 0.4) is 0 Å². The number of urea groups is 1. The van der Waals surface area contributed by atoms with E-state index in [-0.39, 0.29) is 18.0 Å². The molecule has 0 bridgehead atoms. The van der Waals surface area contributed by atoms with Gasteiger partial charge in [0.25, 0.3) is 0 Å². The number of carbonyl (C=O) groups is 1. The maximum atomic E-state index is 13.0. The molecule has 4 atom stereocenters. The number of nitrogens with one attached hydrogen (secondary N) is 2. The summed E-state index contributed by atoms with van der Waals surface area (Å²) in [7, 11) is 4.28. The zero-order chi connectivity index (χ0) is 39.6. The first-order valence-electron chi connectivity index (χ1n) is 20.6. The number of piperidine rings is 4. The Morgan fingerprint density at radius 1 is 0.750 bits per heavy atom. The van der Waals surface area contributed by atoms with Crippen LogP contribution >= 0.6 is 0 Å². The van der Waals surface area contributed by atoms with Crippen molar-refractivity contribution in [1.82, 2.24) is 35.3 Å². The van der Waals surface area contributed by atoms with Crippen molar-refractivity contribution in [1.29, 1.82) is 10.5 Å². The lowest BCUT2D eigenvalue weighted by Crippen LogP contribution is -2.52. The largest absolute Gasteiger partial charge is 0.335 e. The predicted octanol–water partition coefficient (Wildman–Crippen LogP) is 6.19. The molecule has 0 radical (unpaired) electrons. The number of hydrogen-bond donors (Lipinski definition) is 3. The Kier molecular flexibility index (Phi) is 14.3. The fourth-order valence-corrected chi connectivity index (χ4v) is 8.87. The van der Waals surface area contributed by atoms with E-state index in [1.54, 1.807) is 12.4 Å². The number of nitrogens with zero attached hydrogens (tertiary/aromatic N) is 7. The number of nitrogens with two attached hydrogens (primary N) is 1. The first-order valence-corrected chi connectivity index (χ1v) is 20.6. The highest BCUT2D eigenvalue weighted by Crippen LogP contribution is 2.35. The summed E-state index contributed by atoms with van der Waals surface area (Å²) >= 11 is 0. The summed E-state index contributed by atoms with van der Waals surface area (Å²) in [4.78, 5) is 28.4. The normalized spacial score (nSPS) is 23.9. The molecule has 296 valence electrons. The molecule has 4 N–H and O–H groups in total. The van der Waals surface area contributed by atoms with Crippen molar-refractivity contribution in [2.45, 2.75) is 76.3 Å². The minimum Gasteiger partial charge on any atom is -0.335 e. The number of rotatable bonds is 3. The second-order valence-corrected chi connectivity index (χ2v) is 16.7. The van der Waals surface area contributed by atoms with Gasteiger partial charge in [-0.25, -0.2) is 4.79 Å². The average Bonchev–Trinajstić information content (AvgIpc) is 3.22. The molecule has 4 aromatic rings. The molecular formula is C45H60N10O. The van der Waals surface area contributed by atoms with Crippen LogP contribution in [-0.2, 0) is 0 Å². The molecule has 0 aliphatic carbocycles. The van der Waals surface area contributed by atoms with Gasteiger partial charge in [0.2, 0.25) is 0 Å². The average molecular weight is 757 g/mol. The van der Waals surface area contributed by atoms with Crippen molar-refractivity contribution in [3.05, 3.63) is 83.2 Å². The van der Waals surface area contributed by atoms with Crippen molar-refractivity contribution < 1.29 is 4.79 Å². The smallest absolute Gasteiger partial charge is 0.317 e. The van der Waals surface area contributed by atoms with E-state index in [0.29, 0.717) is 41.5 Å². The number of carbonyl (C=O) groups excluding carboxylic acids is 1. The van der Waals surface area contributed by atoms with Gasteiger partial charge in [-0.3, -0.25) is 9.97 Å². The lowest BCUT2D eigenvalue weighted by atomic mass is 9.83. The zero-order valence-corrected chi connectivity index (χ0v) is 33.8. The highest BCUT2D eigenvalue weighted by atomic mass is 16.2. The fourth-order valence-electron chi connectivity index (χ4n) is 8.87. The third-order valence-corrected chi connectivity index (χ3v) is 12.1. The van der Waals surface area contributed by atoms with Crippen molar-refractivity contribution in [2.24, 2.45) is 17.6 Å². The number of pyridine rings is 2. The Labute approximate surface area is 333 Å². The molecule has 4 unspecified atom stereocenters. The van der Waals surface area contributed by atoms with Crippen LogP contribution in [-0.4, -0.2) is 109 Å². The molecule has 0 saturated carbocycles. The lowest BCUT2D eigenvalue weighted by Gasteiger charge is -2.38. The summed E-state index contributed by atoms with van der Waals surface area (Å²) in [5.74, 6) is 1.89. The van der Waals surface area contributed by atoms with Crippen LogP contribution in [0.4, 0.5) is 4.79 Å². The molecule has 11 nitrogen and oxygen atoms in total. The quantitative estimate of drug-likeness (QED) is 0.222. The van der Waals surface area contributed by atoms with Gasteiger partial charge >= 0.3 is 6.03 Å². The number of benzene rings is 2. The molecule has 11 heteroatoms. The first kappa shape index (κ1) is 41.0. The highest BCUT2D eigenvalue weighted by Gasteiger charge is 2.31. The molecule has 2 aromatic heterocycles. The summed E-state index contributed by atoms with van der Waals surface area (Å²) in [6.45, 7) is 12.5. The van der Waals surface area contributed by atoms with Gasteiger partial charge in [-0.2, -0.15) is 10.5 Å². The Balaban J connectivity index is 0.000000167. The summed E-state index contributed by atoms with van der Waals surface area (Å²) < 4.78 is 0. The Bertz CT molecular complexity index is 2000. The van der Waals surface area contributed by atoms with E-state index < -0.39 is 0 Å². The van der Waals surface area contributed by atoms with E-state index >= 15 is 0 Å². The maximum Gasteiger partial charge on any atom is 0.317 e. The van der Waals surface area contributed by atoms with Gasteiger partial charge in [0.1, 0.15) is 12.1 Å². The standard InChI is InChI=1S/C23H29N5O.C16H17N3.C6H14N2/c1-16-12-18(20-6-5-17(13-24)22-21(20)4-3-9-25-22)15-28(14-16)23(29)26-19-7-10-27(2)11-8-19;1-11-7-13(10-18-9-11)14-5-4-12(8-17)16-15(14)3-2-6-19-16;1-8-4-2-6(7)3-5-8/h3-6,9,16,18-19H,7-8,10-12,14-15H2,1-2H3,(H,26,29);2-6,11,13,18H,7,9-10H2,1H3;6H,2-5,7H2,1H3. The lowest BCUT2D eigenvalue weighted by molar-refractivity contribution is 0.150. The molecule has 8 rings (SSSR count). The molecule has 4 saturated heterocycles. The molecule has 2 amide bonds. The van der Waals surface area contributed by atoms with Crippen LogP contribution < -0.4 is 16.4 Å². The van der Waals surface area contributed by atoms with E-state index in [0.717, 1.165) is 73.8 Å². The number of likely N-dealkylation sites (tertiary alicyclic amines) is 3. The van der Waals surface area contributed by atoms with Gasteiger partial charge < -0.3 is 31.1 Å². The molecular weight excluding hydrogens is 697 g/mol. The molecule has 4 aliphatic rings. The van der Waals surface area contributed by atoms with Gasteiger partial charge in [0.15, 0.2) is 0 Å². The van der Waals surface area contributed by atoms with E-state index in [2.05, 4.69) is 88.7 Å². The van der Waals surface area contributed by atoms with Gasteiger partial charge in [0, 0.05) is 60.8 Å². The van der Waals surface area contributed by atoms with Gasteiger partial charge in [-0.15, -0.1) is 0 Å². The second kappa shape index (κ2) is 19.5. The Hall–Kier alpha value is -4.65. The van der Waals surface area contributed by atoms with Crippen molar-refractivity contribution in [2.75, 3.05) is 66.5 Å². The summed E-state index contributed by atoms with van der Waals surface area (Å²) in [5.41, 5.74) is 11.0. The van der Waals surface area contributed by atoms with E-state index in [4.69, 9.17) is 5.73 Å². The molecule has 0 spiro atoms. The van der Waals surface area contributed by atoms with Crippen LogP contribution in [0.25, 0.3) is 21.8 Å². The van der Waals surface area contributed by atoms with Gasteiger partial charge in [-0.05, 0) is 138 Å². The molecule has 4 fully saturated rings. The Morgan fingerprint density at radius 3 is 1.82 bits per heavy atom. The predicted molar refractivity (Wildman–Crippen MR) is 224 cm³/mol. The van der Waals surface area contributed by atoms with Crippen molar-refractivity contribution in [3.8, 4) is 12.1 Å². The monoisotopic (exact) mass is 756 g/mol. The first-order chi connectivity index (χ1) is 27.1. The SMILES string of the molecule is CC1CC(c2ccc(C#N)c3ncccc23)CN(C(=O)NC2CCN(C)CC2)C1.CC1CNCC(c2ccc(C#N)c3ncccc23)C1.CN1CCC(N)CC1. The third kappa shape index (κ3) is 10.4. The zero-order valence-electron chi connectivity index (χ0n) is 33.8. The van der Waals surface area contributed by atoms with Crippen LogP contribution in [0.2, 0.25) is 0 Å². The van der Waals surface area contributed by atoms with Crippen LogP contribution in [0, 0.1) is 34.5 Å². The van der Waals surface area contributed by atoms with Crippen LogP contribution in [0.15, 0.2) is 60.9 Å². The number of hydrogen-bond acceptors (Lipinski definition) is 9. The fraction of sp³-hybridized carbons (Fsp3) is 0.533. The Morgan fingerprint density at radius 2 is 1.29 bits per heavy atom. The second-order valence-electron chi connectivity index (χ2n) is 16.7. The molecule has 6 heterocycles. The summed E-state index contributed by atoms with van der Waals surface area (Å²) in [5, 5.41) is 27.5. The maximum absolute atomic E-state index is 13.0. The van der Waals surface area contributed by atoms with E-state index in [1.807, 2.05) is 35.2 Å². The minimum atomic E-state index is 0.0622. The van der Waals surface area contributed by atoms with Gasteiger partial charge in [-0.1, -0.05) is 38.1 Å². The third-order valence-electron chi connectivity index (χ3n) is 12.1. The van der Waals surface area contributed by atoms with Gasteiger partial charge in [0.05, 0.1) is 22.2 Å². The molecule has 2 aromatic carbocycles. The highest BCUT2D eigenvalue weighted by molar-refractivity contribution is 5.88. The number of fused-ring (bicyclic) bond motifs is 2. The molecule has 56 heavy (non-hydrogen) atoms. The topological polar surface area (TPSA) is 150 Å². The summed E-state index contributed by atoms with van der Waals surface area (Å²) in [6, 6.07) is 21.2. The molecule has 4 aliphatic heterocycles. The number of amides is 2. The van der Waals surface area contributed by atoms with E-state index in [1.165, 1.54) is 43.5 Å². The van der Waals surface area contributed by atoms with Crippen LogP contribution in [0.1, 0.15) is 86.5 Å². The summed E-state index contributed by atoms with van der Waals surface area (Å²) in [6.07, 6.45) is 10.1. The van der Waals surface area contributed by atoms with Crippen molar-refractivity contribution in [3.63, 3.8) is 0 Å². The minimum absolute atomic E-state index is 0.0622. The number of nitriles is 2. The van der Waals surface area contributed by atoms with Crippen LogP contribution in [0.5, 0.6) is 0 Å². The van der Waals surface area contributed by atoms with E-state index in [9.17, 15) is 15.3 Å². The van der Waals surface area contributed by atoms with Crippen molar-refractivity contribution >= 4 is 27.8 Å².